The van der Waals surface area contributed by atoms with E-state index in [1.165, 1.54) is 18.6 Å². The zero-order chi connectivity index (χ0) is 11.5. The first-order valence-electron chi connectivity index (χ1n) is 6.30. The first-order valence-corrected chi connectivity index (χ1v) is 7.35. The van der Waals surface area contributed by atoms with Gasteiger partial charge in [0.25, 0.3) is 0 Å². The average molecular weight is 243 g/mol. The van der Waals surface area contributed by atoms with Gasteiger partial charge in [0.1, 0.15) is 6.04 Å². The fraction of sp³-hybridized carbons (Fsp3) is 0.917. The molecule has 3 nitrogen and oxygen atoms in total. The molecule has 1 N–H and O–H groups in total. The number of piperidine rings is 1. The molecule has 3 unspecified atom stereocenters. The summed E-state index contributed by atoms with van der Waals surface area (Å²) in [6.45, 7) is 3.23. The molecule has 0 saturated carbocycles. The van der Waals surface area contributed by atoms with Crippen molar-refractivity contribution in [3.63, 3.8) is 0 Å². The Labute approximate surface area is 102 Å². The molecule has 2 rings (SSSR count). The molecule has 2 saturated heterocycles. The van der Waals surface area contributed by atoms with Crippen molar-refractivity contribution in [3.8, 4) is 0 Å². The number of likely N-dealkylation sites (tertiary alicyclic amines) is 1. The normalized spacial score (nSPS) is 37.2. The molecule has 16 heavy (non-hydrogen) atoms. The first-order chi connectivity index (χ1) is 7.70. The molecule has 0 aromatic rings. The lowest BCUT2D eigenvalue weighted by molar-refractivity contribution is -0.145. The largest absolute Gasteiger partial charge is 0.480 e. The van der Waals surface area contributed by atoms with Gasteiger partial charge in [-0.05, 0) is 38.0 Å². The van der Waals surface area contributed by atoms with Crippen LogP contribution in [0, 0.1) is 0 Å². The number of thioether (sulfide) groups is 1. The molecule has 0 aliphatic carbocycles. The number of aliphatic carboxylic acids is 1. The summed E-state index contributed by atoms with van der Waals surface area (Å²) in [7, 11) is 0. The highest BCUT2D eigenvalue weighted by Crippen LogP contribution is 2.32. The highest BCUT2D eigenvalue weighted by atomic mass is 32.2. The van der Waals surface area contributed by atoms with E-state index in [9.17, 15) is 9.90 Å². The summed E-state index contributed by atoms with van der Waals surface area (Å²) in [5.74, 6) is 0.617. The van der Waals surface area contributed by atoms with Gasteiger partial charge in [0.15, 0.2) is 0 Å². The number of rotatable bonds is 2. The van der Waals surface area contributed by atoms with Gasteiger partial charge in [0.05, 0.1) is 0 Å². The molecule has 0 bridgehead atoms. The van der Waals surface area contributed by atoms with Gasteiger partial charge >= 0.3 is 5.97 Å². The van der Waals surface area contributed by atoms with Crippen molar-refractivity contribution < 1.29 is 9.90 Å². The van der Waals surface area contributed by atoms with E-state index in [2.05, 4.69) is 11.8 Å². The fourth-order valence-electron chi connectivity index (χ4n) is 2.96. The van der Waals surface area contributed by atoms with Crippen LogP contribution in [-0.2, 0) is 4.79 Å². The Balaban J connectivity index is 2.06. The van der Waals surface area contributed by atoms with Crippen molar-refractivity contribution in [1.82, 2.24) is 4.90 Å². The summed E-state index contributed by atoms with van der Waals surface area (Å²) >= 11 is 2.00. The van der Waals surface area contributed by atoms with Gasteiger partial charge in [0, 0.05) is 11.3 Å². The second-order valence-electron chi connectivity index (χ2n) is 4.87. The minimum atomic E-state index is -0.623. The Morgan fingerprint density at radius 1 is 1.31 bits per heavy atom. The van der Waals surface area contributed by atoms with Gasteiger partial charge < -0.3 is 5.11 Å². The van der Waals surface area contributed by atoms with Crippen molar-refractivity contribution in [2.45, 2.75) is 56.4 Å². The van der Waals surface area contributed by atoms with Crippen LogP contribution in [-0.4, -0.2) is 45.6 Å². The number of carboxylic acids is 1. The minimum Gasteiger partial charge on any atom is -0.480 e. The van der Waals surface area contributed by atoms with Gasteiger partial charge in [-0.2, -0.15) is 11.8 Å². The predicted octanol–water partition coefficient (Wildman–Crippen LogP) is 2.21. The fourth-order valence-corrected chi connectivity index (χ4v) is 4.18. The summed E-state index contributed by atoms with van der Waals surface area (Å²) in [5.41, 5.74) is 0. The van der Waals surface area contributed by atoms with E-state index in [-0.39, 0.29) is 6.04 Å². The van der Waals surface area contributed by atoms with E-state index in [0.717, 1.165) is 25.8 Å². The molecule has 2 heterocycles. The average Bonchev–Trinajstić information content (AvgIpc) is 2.29. The zero-order valence-corrected chi connectivity index (χ0v) is 10.7. The van der Waals surface area contributed by atoms with E-state index in [1.54, 1.807) is 0 Å². The summed E-state index contributed by atoms with van der Waals surface area (Å²) in [6.07, 6.45) is 5.49. The summed E-state index contributed by atoms with van der Waals surface area (Å²) in [5, 5.41) is 9.87. The number of carboxylic acid groups (broad SMARTS) is 1. The highest BCUT2D eigenvalue weighted by molar-refractivity contribution is 7.99. The lowest BCUT2D eigenvalue weighted by Crippen LogP contribution is -2.53. The molecule has 2 aliphatic rings. The van der Waals surface area contributed by atoms with Crippen LogP contribution in [0.25, 0.3) is 0 Å². The Hall–Kier alpha value is -0.220. The van der Waals surface area contributed by atoms with Crippen LogP contribution in [0.5, 0.6) is 0 Å². The first kappa shape index (κ1) is 12.2. The molecule has 0 radical (unpaired) electrons. The van der Waals surface area contributed by atoms with E-state index >= 15 is 0 Å². The monoisotopic (exact) mass is 243 g/mol. The van der Waals surface area contributed by atoms with Crippen LogP contribution < -0.4 is 0 Å². The second-order valence-corrected chi connectivity index (χ2v) is 6.36. The van der Waals surface area contributed by atoms with Crippen LogP contribution >= 0.6 is 11.8 Å². The molecule has 0 spiro atoms. The number of hydrogen-bond acceptors (Lipinski definition) is 3. The molecule has 3 atom stereocenters. The number of nitrogens with zero attached hydrogens (tertiary/aromatic N) is 1. The molecule has 0 aromatic heterocycles. The van der Waals surface area contributed by atoms with Crippen LogP contribution in [0.3, 0.4) is 0 Å². The maximum absolute atomic E-state index is 11.3. The Bertz CT molecular complexity index is 259. The Morgan fingerprint density at radius 2 is 2.12 bits per heavy atom. The molecule has 0 aromatic carbocycles. The van der Waals surface area contributed by atoms with Gasteiger partial charge in [-0.15, -0.1) is 0 Å². The SMILES string of the molecule is CC1SCCCC1N1CCCCC1C(=O)O. The van der Waals surface area contributed by atoms with Crippen LogP contribution in [0.1, 0.15) is 39.0 Å². The van der Waals surface area contributed by atoms with Crippen LogP contribution in [0.15, 0.2) is 0 Å². The van der Waals surface area contributed by atoms with Gasteiger partial charge in [-0.1, -0.05) is 13.3 Å². The Morgan fingerprint density at radius 3 is 2.81 bits per heavy atom. The number of carbonyl (C=O) groups is 1. The molecule has 92 valence electrons. The van der Waals surface area contributed by atoms with Crippen molar-refractivity contribution in [1.29, 1.82) is 0 Å². The number of hydrogen-bond donors (Lipinski definition) is 1. The van der Waals surface area contributed by atoms with E-state index in [1.807, 2.05) is 11.8 Å². The van der Waals surface area contributed by atoms with Crippen molar-refractivity contribution in [2.24, 2.45) is 0 Å². The van der Waals surface area contributed by atoms with Crippen molar-refractivity contribution in [3.05, 3.63) is 0 Å². The zero-order valence-electron chi connectivity index (χ0n) is 9.89. The third kappa shape index (κ3) is 2.54. The smallest absolute Gasteiger partial charge is 0.320 e. The third-order valence-corrected chi connectivity index (χ3v) is 5.19. The van der Waals surface area contributed by atoms with Crippen molar-refractivity contribution >= 4 is 17.7 Å². The minimum absolute atomic E-state index is 0.222. The maximum Gasteiger partial charge on any atom is 0.320 e. The molecule has 2 fully saturated rings. The van der Waals surface area contributed by atoms with Crippen LogP contribution in [0.2, 0.25) is 0 Å². The standard InChI is InChI=1S/C12H21NO2S/c1-9-10(6-4-8-16-9)13-7-3-2-5-11(13)12(14)15/h9-11H,2-8H2,1H3,(H,14,15). The summed E-state index contributed by atoms with van der Waals surface area (Å²) in [6, 6.07) is 0.264. The quantitative estimate of drug-likeness (QED) is 0.807. The van der Waals surface area contributed by atoms with E-state index < -0.39 is 5.97 Å². The molecular weight excluding hydrogens is 222 g/mol. The molecule has 4 heteroatoms. The topological polar surface area (TPSA) is 40.5 Å². The maximum atomic E-state index is 11.3. The predicted molar refractivity (Wildman–Crippen MR) is 66.9 cm³/mol. The highest BCUT2D eigenvalue weighted by Gasteiger charge is 2.36. The van der Waals surface area contributed by atoms with E-state index in [4.69, 9.17) is 0 Å². The van der Waals surface area contributed by atoms with Crippen molar-refractivity contribution in [2.75, 3.05) is 12.3 Å². The van der Waals surface area contributed by atoms with E-state index in [0.29, 0.717) is 11.3 Å². The van der Waals surface area contributed by atoms with Gasteiger partial charge in [-0.3, -0.25) is 9.69 Å². The lowest BCUT2D eigenvalue weighted by atomic mass is 9.96. The Kier molecular flexibility index (Phi) is 4.14. The molecule has 0 amide bonds. The van der Waals surface area contributed by atoms with Gasteiger partial charge in [-0.25, -0.2) is 0 Å². The molecular formula is C12H21NO2S. The van der Waals surface area contributed by atoms with Crippen LogP contribution in [0.4, 0.5) is 0 Å². The lowest BCUT2D eigenvalue weighted by Gasteiger charge is -2.43. The summed E-state index contributed by atoms with van der Waals surface area (Å²) < 4.78 is 0. The third-order valence-electron chi connectivity index (χ3n) is 3.82. The molecule has 2 aliphatic heterocycles. The summed E-state index contributed by atoms with van der Waals surface area (Å²) in [4.78, 5) is 13.5. The van der Waals surface area contributed by atoms with Gasteiger partial charge in [0.2, 0.25) is 0 Å². The second kappa shape index (κ2) is 5.41.